The van der Waals surface area contributed by atoms with Crippen LogP contribution in [0.15, 0.2) is 59.6 Å². The van der Waals surface area contributed by atoms with E-state index in [4.69, 9.17) is 4.74 Å². The van der Waals surface area contributed by atoms with Crippen molar-refractivity contribution in [2.75, 3.05) is 16.6 Å². The Balaban J connectivity index is 1.57. The maximum Gasteiger partial charge on any atom is 0.272 e. The van der Waals surface area contributed by atoms with Gasteiger partial charge in [-0.3, -0.25) is 4.79 Å². The molecule has 0 bridgehead atoms. The molecule has 4 rings (SSSR count). The minimum atomic E-state index is -3.87. The summed E-state index contributed by atoms with van der Waals surface area (Å²) >= 11 is 0. The predicted octanol–water partition coefficient (Wildman–Crippen LogP) is 4.52. The Morgan fingerprint density at radius 2 is 1.80 bits per heavy atom. The first-order valence-electron chi connectivity index (χ1n) is 11.2. The molecule has 9 nitrogen and oxygen atoms in total. The van der Waals surface area contributed by atoms with Crippen LogP contribution in [0.3, 0.4) is 0 Å². The second-order valence-electron chi connectivity index (χ2n) is 7.94. The number of benzene rings is 2. The molecular weight excluding hydrogens is 466 g/mol. The number of carbonyl (C=O) groups excluding carboxylic acids is 1. The monoisotopic (exact) mass is 493 g/mol. The molecule has 0 radical (unpaired) electrons. The lowest BCUT2D eigenvalue weighted by Crippen LogP contribution is -2.18. The van der Waals surface area contributed by atoms with Gasteiger partial charge in [-0.2, -0.15) is 0 Å². The van der Waals surface area contributed by atoms with Crippen LogP contribution in [-0.2, 0) is 16.6 Å². The number of hydrogen-bond acceptors (Lipinski definition) is 6. The number of fused-ring (bicyclic) bond motifs is 1. The Kier molecular flexibility index (Phi) is 6.74. The molecule has 4 aromatic rings. The maximum absolute atomic E-state index is 13.2. The van der Waals surface area contributed by atoms with Crippen LogP contribution in [0.5, 0.6) is 5.75 Å². The van der Waals surface area contributed by atoms with E-state index >= 15 is 0 Å². The van der Waals surface area contributed by atoms with Crippen LogP contribution in [0.2, 0.25) is 0 Å². The van der Waals surface area contributed by atoms with Gasteiger partial charge in [0.15, 0.2) is 0 Å². The van der Waals surface area contributed by atoms with E-state index in [-0.39, 0.29) is 16.8 Å². The van der Waals surface area contributed by atoms with Gasteiger partial charge in [-0.05, 0) is 81.8 Å². The van der Waals surface area contributed by atoms with Gasteiger partial charge in [0.2, 0.25) is 5.95 Å². The van der Waals surface area contributed by atoms with Crippen LogP contribution in [0.1, 0.15) is 35.6 Å². The number of anilines is 2. The van der Waals surface area contributed by atoms with Crippen molar-refractivity contribution in [3.05, 3.63) is 71.7 Å². The molecule has 1 amide bonds. The normalized spacial score (nSPS) is 11.4. The molecule has 0 saturated carbocycles. The fourth-order valence-electron chi connectivity index (χ4n) is 3.96. The van der Waals surface area contributed by atoms with Gasteiger partial charge < -0.3 is 14.6 Å². The first-order chi connectivity index (χ1) is 16.7. The highest BCUT2D eigenvalue weighted by Gasteiger charge is 2.21. The summed E-state index contributed by atoms with van der Waals surface area (Å²) < 4.78 is 35.3. The van der Waals surface area contributed by atoms with Crippen molar-refractivity contribution in [3.8, 4) is 5.75 Å². The van der Waals surface area contributed by atoms with Gasteiger partial charge in [0, 0.05) is 35.0 Å². The SMILES string of the molecule is CCOc1ccc2c(c1)c(C)c(C(=O)Nc1ccc(S(=O)(=O)Nc3nccc(C)n3)cc1)n2CC. The van der Waals surface area contributed by atoms with Crippen molar-refractivity contribution < 1.29 is 17.9 Å². The van der Waals surface area contributed by atoms with E-state index in [2.05, 4.69) is 20.0 Å². The summed E-state index contributed by atoms with van der Waals surface area (Å²) in [6.07, 6.45) is 1.48. The van der Waals surface area contributed by atoms with Gasteiger partial charge in [-0.15, -0.1) is 0 Å². The second-order valence-corrected chi connectivity index (χ2v) is 9.62. The number of nitrogens with zero attached hydrogens (tertiary/aromatic N) is 3. The molecule has 0 unspecified atom stereocenters. The van der Waals surface area contributed by atoms with Gasteiger partial charge in [0.1, 0.15) is 11.4 Å². The molecule has 2 aromatic heterocycles. The molecule has 10 heteroatoms. The average Bonchev–Trinajstić information content (AvgIpc) is 3.10. The molecule has 0 saturated heterocycles. The van der Waals surface area contributed by atoms with E-state index in [0.29, 0.717) is 30.2 Å². The molecule has 0 fully saturated rings. The zero-order valence-electron chi connectivity index (χ0n) is 20.0. The van der Waals surface area contributed by atoms with Gasteiger partial charge >= 0.3 is 0 Å². The molecule has 182 valence electrons. The van der Waals surface area contributed by atoms with Gasteiger partial charge in [-0.25, -0.2) is 23.1 Å². The Hall–Kier alpha value is -3.92. The number of aromatic nitrogens is 3. The van der Waals surface area contributed by atoms with E-state index < -0.39 is 10.0 Å². The van der Waals surface area contributed by atoms with Crippen LogP contribution in [0.4, 0.5) is 11.6 Å². The molecule has 2 heterocycles. The third-order valence-electron chi connectivity index (χ3n) is 5.57. The topological polar surface area (TPSA) is 115 Å². The highest BCUT2D eigenvalue weighted by Crippen LogP contribution is 2.30. The van der Waals surface area contributed by atoms with Crippen LogP contribution >= 0.6 is 0 Å². The zero-order chi connectivity index (χ0) is 25.2. The van der Waals surface area contributed by atoms with Crippen molar-refractivity contribution in [2.24, 2.45) is 0 Å². The first kappa shape index (κ1) is 24.2. The predicted molar refractivity (Wildman–Crippen MR) is 135 cm³/mol. The fraction of sp³-hybridized carbons (Fsp3) is 0.240. The summed E-state index contributed by atoms with van der Waals surface area (Å²) in [7, 11) is -3.87. The minimum absolute atomic E-state index is 0.00209. The lowest BCUT2D eigenvalue weighted by Gasteiger charge is -2.11. The zero-order valence-corrected chi connectivity index (χ0v) is 20.8. The number of amides is 1. The van der Waals surface area contributed by atoms with E-state index in [1.807, 2.05) is 43.5 Å². The van der Waals surface area contributed by atoms with Crippen molar-refractivity contribution in [2.45, 2.75) is 39.1 Å². The summed E-state index contributed by atoms with van der Waals surface area (Å²) in [5.41, 5.74) is 3.46. The van der Waals surface area contributed by atoms with Gasteiger partial charge in [-0.1, -0.05) is 0 Å². The van der Waals surface area contributed by atoms with E-state index in [0.717, 1.165) is 22.2 Å². The molecule has 0 aliphatic carbocycles. The van der Waals surface area contributed by atoms with Crippen molar-refractivity contribution in [3.63, 3.8) is 0 Å². The van der Waals surface area contributed by atoms with Crippen LogP contribution in [0, 0.1) is 13.8 Å². The number of carbonyl (C=O) groups is 1. The van der Waals surface area contributed by atoms with Crippen molar-refractivity contribution in [1.82, 2.24) is 14.5 Å². The van der Waals surface area contributed by atoms with Crippen LogP contribution < -0.4 is 14.8 Å². The molecule has 0 atom stereocenters. The maximum atomic E-state index is 13.2. The lowest BCUT2D eigenvalue weighted by molar-refractivity contribution is 0.101. The molecule has 0 aliphatic heterocycles. The third kappa shape index (κ3) is 4.97. The fourth-order valence-corrected chi connectivity index (χ4v) is 4.91. The number of ether oxygens (including phenoxy) is 1. The van der Waals surface area contributed by atoms with Crippen molar-refractivity contribution in [1.29, 1.82) is 0 Å². The molecule has 0 aliphatic rings. The summed E-state index contributed by atoms with van der Waals surface area (Å²) in [6.45, 7) is 8.74. The number of sulfonamides is 1. The van der Waals surface area contributed by atoms with Crippen LogP contribution in [0.25, 0.3) is 10.9 Å². The molecule has 2 N–H and O–H groups in total. The minimum Gasteiger partial charge on any atom is -0.494 e. The average molecular weight is 494 g/mol. The summed E-state index contributed by atoms with van der Waals surface area (Å²) in [5, 5.41) is 3.83. The molecular formula is C25H27N5O4S. The Morgan fingerprint density at radius 1 is 1.06 bits per heavy atom. The third-order valence-corrected chi connectivity index (χ3v) is 6.92. The molecule has 35 heavy (non-hydrogen) atoms. The van der Waals surface area contributed by atoms with E-state index in [9.17, 15) is 13.2 Å². The summed E-state index contributed by atoms with van der Waals surface area (Å²) in [4.78, 5) is 21.3. The van der Waals surface area contributed by atoms with Gasteiger partial charge in [0.05, 0.1) is 11.5 Å². The number of nitrogens with one attached hydrogen (secondary N) is 2. The quantitative estimate of drug-likeness (QED) is 0.373. The first-order valence-corrected chi connectivity index (χ1v) is 12.7. The standard InChI is InChI=1S/C25H27N5O4S/c1-5-30-22-12-9-19(34-6-2)15-21(22)17(4)23(30)24(31)28-18-7-10-20(11-8-18)35(32,33)29-25-26-14-13-16(3)27-25/h7-15H,5-6H2,1-4H3,(H,28,31)(H,26,27,29). The van der Waals surface area contributed by atoms with E-state index in [1.54, 1.807) is 25.1 Å². The Morgan fingerprint density at radius 3 is 2.46 bits per heavy atom. The largest absolute Gasteiger partial charge is 0.494 e. The lowest BCUT2D eigenvalue weighted by atomic mass is 10.1. The molecule has 0 spiro atoms. The number of rotatable bonds is 8. The van der Waals surface area contributed by atoms with Crippen LogP contribution in [-0.4, -0.2) is 35.5 Å². The highest BCUT2D eigenvalue weighted by molar-refractivity contribution is 7.92. The Bertz CT molecular complexity index is 1490. The molecule has 2 aromatic carbocycles. The summed E-state index contributed by atoms with van der Waals surface area (Å²) in [5.74, 6) is 0.475. The summed E-state index contributed by atoms with van der Waals surface area (Å²) in [6, 6.07) is 13.4. The Labute approximate surface area is 204 Å². The number of hydrogen-bond donors (Lipinski definition) is 2. The van der Waals surface area contributed by atoms with Gasteiger partial charge in [0.25, 0.3) is 15.9 Å². The van der Waals surface area contributed by atoms with Crippen molar-refractivity contribution >= 4 is 38.5 Å². The second kappa shape index (κ2) is 9.75. The van der Waals surface area contributed by atoms with E-state index in [1.165, 1.54) is 18.3 Å². The highest BCUT2D eigenvalue weighted by atomic mass is 32.2. The smallest absolute Gasteiger partial charge is 0.272 e. The number of aryl methyl sites for hydroxylation is 3.